The summed E-state index contributed by atoms with van der Waals surface area (Å²) in [6, 6.07) is 8.10. The molecule has 0 atom stereocenters. The highest BCUT2D eigenvalue weighted by Crippen LogP contribution is 2.32. The smallest absolute Gasteiger partial charge is 0.378 e. The minimum Gasteiger partial charge on any atom is -0.378 e. The van der Waals surface area contributed by atoms with Crippen LogP contribution in [0.1, 0.15) is 12.7 Å². The molecule has 3 aromatic heterocycles. The number of halogens is 3. The number of nitrogens with one attached hydrogen (secondary N) is 1. The van der Waals surface area contributed by atoms with E-state index in [-0.39, 0.29) is 0 Å². The Balaban J connectivity index is 1.37. The predicted molar refractivity (Wildman–Crippen MR) is 139 cm³/mol. The maximum atomic E-state index is 12.8. The summed E-state index contributed by atoms with van der Waals surface area (Å²) in [4.78, 5) is 24.2. The van der Waals surface area contributed by atoms with Gasteiger partial charge >= 0.3 is 6.18 Å². The van der Waals surface area contributed by atoms with Crippen molar-refractivity contribution in [1.29, 1.82) is 0 Å². The molecule has 1 aromatic carbocycles. The van der Waals surface area contributed by atoms with Crippen LogP contribution in [0.25, 0.3) is 33.5 Å². The molecule has 202 valence electrons. The molecule has 38 heavy (non-hydrogen) atoms. The highest BCUT2D eigenvalue weighted by molar-refractivity contribution is 5.95. The zero-order chi connectivity index (χ0) is 26.3. The molecule has 0 radical (unpaired) electrons. The van der Waals surface area contributed by atoms with Gasteiger partial charge in [-0.3, -0.25) is 9.80 Å². The lowest BCUT2D eigenvalue weighted by Gasteiger charge is -2.34. The van der Waals surface area contributed by atoms with Crippen LogP contribution in [-0.4, -0.2) is 99.5 Å². The number of aromatic amines is 1. The van der Waals surface area contributed by atoms with Gasteiger partial charge in [0.15, 0.2) is 22.8 Å². The van der Waals surface area contributed by atoms with Crippen molar-refractivity contribution in [1.82, 2.24) is 34.3 Å². The number of piperazine rings is 1. The number of anilines is 1. The van der Waals surface area contributed by atoms with Crippen LogP contribution in [-0.2, 0) is 17.8 Å². The third-order valence-corrected chi connectivity index (χ3v) is 7.35. The van der Waals surface area contributed by atoms with Gasteiger partial charge in [0.25, 0.3) is 0 Å². The van der Waals surface area contributed by atoms with Crippen LogP contribution in [0, 0.1) is 0 Å². The molecule has 0 saturated carbocycles. The van der Waals surface area contributed by atoms with Crippen molar-refractivity contribution in [3.63, 3.8) is 0 Å². The summed E-state index contributed by atoms with van der Waals surface area (Å²) < 4.78 is 46.2. The van der Waals surface area contributed by atoms with E-state index in [9.17, 15) is 13.2 Å². The van der Waals surface area contributed by atoms with E-state index in [2.05, 4.69) is 26.3 Å². The maximum Gasteiger partial charge on any atom is 0.401 e. The third kappa shape index (κ3) is 4.95. The van der Waals surface area contributed by atoms with Crippen LogP contribution in [0.4, 0.5) is 19.0 Å². The van der Waals surface area contributed by atoms with E-state index < -0.39 is 12.7 Å². The topological polar surface area (TPSA) is 78.3 Å². The first-order chi connectivity index (χ1) is 18.4. The Bertz CT molecular complexity index is 1420. The molecule has 2 saturated heterocycles. The number of morpholine rings is 1. The second-order valence-electron chi connectivity index (χ2n) is 9.83. The van der Waals surface area contributed by atoms with Crippen molar-refractivity contribution in [3.05, 3.63) is 36.3 Å². The average molecular weight is 529 g/mol. The van der Waals surface area contributed by atoms with Crippen molar-refractivity contribution in [2.45, 2.75) is 26.2 Å². The first-order valence-electron chi connectivity index (χ1n) is 13.1. The van der Waals surface area contributed by atoms with Gasteiger partial charge in [0, 0.05) is 68.5 Å². The third-order valence-electron chi connectivity index (χ3n) is 7.35. The zero-order valence-electron chi connectivity index (χ0n) is 21.3. The Labute approximate surface area is 218 Å². The molecule has 0 bridgehead atoms. The Morgan fingerprint density at radius 3 is 2.45 bits per heavy atom. The second kappa shape index (κ2) is 10.2. The van der Waals surface area contributed by atoms with Crippen molar-refractivity contribution < 1.29 is 17.9 Å². The zero-order valence-corrected chi connectivity index (χ0v) is 21.3. The standard InChI is InChI=1S/C26H31F3N8O/c1-2-37-21(16-34-8-10-35(11-9-34)17-26(27,28)29)31-22-24(36-12-14-38-15-13-36)32-23(33-25(22)37)19-4-3-5-20-18(19)6-7-30-20/h3-7,30H,2,8-17H2,1H3. The monoisotopic (exact) mass is 528 g/mol. The molecule has 2 aliphatic rings. The molecule has 12 heteroatoms. The molecular formula is C26H31F3N8O. The lowest BCUT2D eigenvalue weighted by molar-refractivity contribution is -0.149. The van der Waals surface area contributed by atoms with E-state index in [4.69, 9.17) is 19.7 Å². The summed E-state index contributed by atoms with van der Waals surface area (Å²) in [6.07, 6.45) is -2.26. The number of fused-ring (bicyclic) bond motifs is 2. The molecule has 1 N–H and O–H groups in total. The fourth-order valence-corrected chi connectivity index (χ4v) is 5.44. The van der Waals surface area contributed by atoms with Crippen molar-refractivity contribution in [2.75, 3.05) is 63.9 Å². The fraction of sp³-hybridized carbons (Fsp3) is 0.500. The lowest BCUT2D eigenvalue weighted by atomic mass is 10.1. The maximum absolute atomic E-state index is 12.8. The summed E-state index contributed by atoms with van der Waals surface area (Å²) in [6.45, 7) is 7.00. The number of aromatic nitrogens is 5. The molecule has 0 spiro atoms. The summed E-state index contributed by atoms with van der Waals surface area (Å²) in [5.41, 5.74) is 3.50. The summed E-state index contributed by atoms with van der Waals surface area (Å²) in [7, 11) is 0. The number of ether oxygens (including phenoxy) is 1. The van der Waals surface area contributed by atoms with Gasteiger partial charge in [0.05, 0.1) is 26.3 Å². The number of aryl methyl sites for hydroxylation is 1. The number of hydrogen-bond acceptors (Lipinski definition) is 7. The van der Waals surface area contributed by atoms with Crippen LogP contribution >= 0.6 is 0 Å². The van der Waals surface area contributed by atoms with Crippen LogP contribution in [0.15, 0.2) is 30.5 Å². The number of nitrogens with zero attached hydrogens (tertiary/aromatic N) is 7. The SMILES string of the molecule is CCn1c(CN2CCN(CC(F)(F)F)CC2)nc2c(N3CCOCC3)nc(-c3cccc4[nH]ccc34)nc21. The van der Waals surface area contributed by atoms with E-state index in [0.29, 0.717) is 58.3 Å². The first kappa shape index (κ1) is 25.1. The number of alkyl halides is 3. The molecule has 9 nitrogen and oxygen atoms in total. The van der Waals surface area contributed by atoms with E-state index >= 15 is 0 Å². The molecule has 0 aliphatic carbocycles. The Kier molecular flexibility index (Phi) is 6.70. The van der Waals surface area contributed by atoms with Gasteiger partial charge in [-0.15, -0.1) is 0 Å². The molecule has 2 fully saturated rings. The van der Waals surface area contributed by atoms with Gasteiger partial charge in [0.1, 0.15) is 5.82 Å². The number of rotatable bonds is 6. The van der Waals surface area contributed by atoms with Crippen molar-refractivity contribution >= 4 is 27.9 Å². The van der Waals surface area contributed by atoms with Gasteiger partial charge in [-0.25, -0.2) is 15.0 Å². The van der Waals surface area contributed by atoms with Gasteiger partial charge in [-0.05, 0) is 19.1 Å². The molecule has 0 unspecified atom stereocenters. The first-order valence-corrected chi connectivity index (χ1v) is 13.1. The van der Waals surface area contributed by atoms with E-state index in [1.807, 2.05) is 30.5 Å². The van der Waals surface area contributed by atoms with Crippen molar-refractivity contribution in [2.24, 2.45) is 0 Å². The minimum atomic E-state index is -4.17. The normalized spacial score (nSPS) is 18.2. The molecule has 2 aliphatic heterocycles. The van der Waals surface area contributed by atoms with E-state index in [1.165, 1.54) is 4.90 Å². The minimum absolute atomic E-state index is 0.384. The van der Waals surface area contributed by atoms with Gasteiger partial charge in [-0.2, -0.15) is 13.2 Å². The second-order valence-corrected chi connectivity index (χ2v) is 9.83. The Morgan fingerprint density at radius 1 is 0.947 bits per heavy atom. The van der Waals surface area contributed by atoms with Gasteiger partial charge in [0.2, 0.25) is 0 Å². The summed E-state index contributed by atoms with van der Waals surface area (Å²) >= 11 is 0. The highest BCUT2D eigenvalue weighted by Gasteiger charge is 2.32. The predicted octanol–water partition coefficient (Wildman–Crippen LogP) is 3.51. The van der Waals surface area contributed by atoms with Crippen LogP contribution in [0.5, 0.6) is 0 Å². The quantitative estimate of drug-likeness (QED) is 0.410. The summed E-state index contributed by atoms with van der Waals surface area (Å²) in [5.74, 6) is 2.29. The molecule has 4 aromatic rings. The van der Waals surface area contributed by atoms with Crippen LogP contribution in [0.2, 0.25) is 0 Å². The fourth-order valence-electron chi connectivity index (χ4n) is 5.44. The molecule has 5 heterocycles. The van der Waals surface area contributed by atoms with Crippen molar-refractivity contribution in [3.8, 4) is 11.4 Å². The number of hydrogen-bond donors (Lipinski definition) is 1. The summed E-state index contributed by atoms with van der Waals surface area (Å²) in [5, 5.41) is 1.05. The lowest BCUT2D eigenvalue weighted by Crippen LogP contribution is -2.48. The largest absolute Gasteiger partial charge is 0.401 e. The van der Waals surface area contributed by atoms with Gasteiger partial charge < -0.3 is 19.2 Å². The van der Waals surface area contributed by atoms with E-state index in [1.54, 1.807) is 0 Å². The van der Waals surface area contributed by atoms with Gasteiger partial charge in [-0.1, -0.05) is 12.1 Å². The van der Waals surface area contributed by atoms with Crippen LogP contribution < -0.4 is 4.90 Å². The number of H-pyrrole nitrogens is 1. The Morgan fingerprint density at radius 2 is 1.71 bits per heavy atom. The van der Waals surface area contributed by atoms with E-state index in [0.717, 1.165) is 52.4 Å². The number of imidazole rings is 1. The van der Waals surface area contributed by atoms with Crippen LogP contribution in [0.3, 0.4) is 0 Å². The average Bonchev–Trinajstić information content (AvgIpc) is 3.53. The Hall–Kier alpha value is -3.22. The highest BCUT2D eigenvalue weighted by atomic mass is 19.4. The molecule has 0 amide bonds. The molecule has 6 rings (SSSR count). The molecular weight excluding hydrogens is 497 g/mol. The number of benzene rings is 1.